The van der Waals surface area contributed by atoms with Gasteiger partial charge in [0, 0.05) is 24.1 Å². The smallest absolute Gasteiger partial charge is 0.120 e. The molecule has 0 aliphatic heterocycles. The van der Waals surface area contributed by atoms with Crippen LogP contribution in [0.4, 0.5) is 0 Å². The maximum absolute atomic E-state index is 5.57. The van der Waals surface area contributed by atoms with E-state index in [0.717, 1.165) is 12.2 Å². The van der Waals surface area contributed by atoms with Crippen molar-refractivity contribution in [2.75, 3.05) is 13.2 Å². The van der Waals surface area contributed by atoms with Crippen molar-refractivity contribution >= 4 is 10.9 Å². The van der Waals surface area contributed by atoms with Crippen molar-refractivity contribution in [3.05, 3.63) is 30.5 Å². The number of aromatic nitrogens is 1. The number of nitrogens with zero attached hydrogens (tertiary/aromatic N) is 1. The Kier molecular flexibility index (Phi) is 2.92. The van der Waals surface area contributed by atoms with Gasteiger partial charge in [-0.2, -0.15) is 0 Å². The number of ether oxygens (including phenoxy) is 1. The van der Waals surface area contributed by atoms with E-state index in [1.807, 2.05) is 19.3 Å². The van der Waals surface area contributed by atoms with Crippen molar-refractivity contribution in [1.29, 1.82) is 0 Å². The Bertz CT molecular complexity index is 448. The van der Waals surface area contributed by atoms with Crippen LogP contribution in [0.15, 0.2) is 30.5 Å². The SMILES string of the molecule is Cn1ccc2cc(OCCCN)ccc21. The molecule has 0 saturated heterocycles. The zero-order chi connectivity index (χ0) is 10.7. The predicted molar refractivity (Wildman–Crippen MR) is 62.1 cm³/mol. The van der Waals surface area contributed by atoms with E-state index in [9.17, 15) is 0 Å². The molecule has 0 saturated carbocycles. The third-order valence-corrected chi connectivity index (χ3v) is 2.47. The molecule has 0 atom stereocenters. The van der Waals surface area contributed by atoms with E-state index in [1.165, 1.54) is 10.9 Å². The summed E-state index contributed by atoms with van der Waals surface area (Å²) in [5.74, 6) is 0.919. The van der Waals surface area contributed by atoms with Crippen LogP contribution in [0.1, 0.15) is 6.42 Å². The maximum atomic E-state index is 5.57. The van der Waals surface area contributed by atoms with Crippen molar-refractivity contribution in [2.24, 2.45) is 12.8 Å². The zero-order valence-corrected chi connectivity index (χ0v) is 8.94. The van der Waals surface area contributed by atoms with Gasteiger partial charge in [-0.05, 0) is 37.2 Å². The summed E-state index contributed by atoms with van der Waals surface area (Å²) in [6, 6.07) is 8.23. The molecule has 15 heavy (non-hydrogen) atoms. The molecule has 0 spiro atoms. The van der Waals surface area contributed by atoms with Crippen molar-refractivity contribution in [3.63, 3.8) is 0 Å². The Hall–Kier alpha value is -1.48. The summed E-state index contributed by atoms with van der Waals surface area (Å²) >= 11 is 0. The molecule has 0 aliphatic rings. The van der Waals surface area contributed by atoms with Crippen molar-refractivity contribution < 1.29 is 4.74 Å². The highest BCUT2D eigenvalue weighted by atomic mass is 16.5. The van der Waals surface area contributed by atoms with Crippen LogP contribution in [0.5, 0.6) is 5.75 Å². The van der Waals surface area contributed by atoms with Crippen molar-refractivity contribution in [1.82, 2.24) is 4.57 Å². The molecule has 1 heterocycles. The van der Waals surface area contributed by atoms with Crippen molar-refractivity contribution in [3.8, 4) is 5.75 Å². The van der Waals surface area contributed by atoms with Crippen molar-refractivity contribution in [2.45, 2.75) is 6.42 Å². The van der Waals surface area contributed by atoms with Crippen LogP contribution in [0.2, 0.25) is 0 Å². The fraction of sp³-hybridized carbons (Fsp3) is 0.333. The second-order valence-electron chi connectivity index (χ2n) is 3.64. The monoisotopic (exact) mass is 204 g/mol. The molecule has 0 fully saturated rings. The van der Waals surface area contributed by atoms with E-state index in [4.69, 9.17) is 10.5 Å². The van der Waals surface area contributed by atoms with Gasteiger partial charge in [-0.3, -0.25) is 0 Å². The Labute approximate surface area is 89.4 Å². The minimum Gasteiger partial charge on any atom is -0.494 e. The molecule has 2 aromatic rings. The third-order valence-electron chi connectivity index (χ3n) is 2.47. The molecule has 0 amide bonds. The number of hydrogen-bond donors (Lipinski definition) is 1. The van der Waals surface area contributed by atoms with Crippen LogP contribution in [0.25, 0.3) is 10.9 Å². The van der Waals surface area contributed by atoms with Gasteiger partial charge in [0.25, 0.3) is 0 Å². The minimum atomic E-state index is 0.674. The summed E-state index contributed by atoms with van der Waals surface area (Å²) in [5.41, 5.74) is 6.63. The molecule has 1 aromatic carbocycles. The lowest BCUT2D eigenvalue weighted by Gasteiger charge is -2.05. The largest absolute Gasteiger partial charge is 0.494 e. The van der Waals surface area contributed by atoms with E-state index >= 15 is 0 Å². The Morgan fingerprint density at radius 2 is 2.20 bits per heavy atom. The second kappa shape index (κ2) is 4.36. The summed E-state index contributed by atoms with van der Waals surface area (Å²) in [6.45, 7) is 1.36. The molecule has 0 bridgehead atoms. The van der Waals surface area contributed by atoms with Gasteiger partial charge >= 0.3 is 0 Å². The van der Waals surface area contributed by atoms with Gasteiger partial charge in [-0.1, -0.05) is 0 Å². The average molecular weight is 204 g/mol. The standard InChI is InChI=1S/C12H16N2O/c1-14-7-5-10-9-11(3-4-12(10)14)15-8-2-6-13/h3-5,7,9H,2,6,8,13H2,1H3. The molecule has 3 heteroatoms. The first-order valence-corrected chi connectivity index (χ1v) is 5.19. The maximum Gasteiger partial charge on any atom is 0.120 e. The van der Waals surface area contributed by atoms with E-state index in [0.29, 0.717) is 13.2 Å². The summed E-state index contributed by atoms with van der Waals surface area (Å²) in [5, 5.41) is 1.21. The Balaban J connectivity index is 2.16. The van der Waals surface area contributed by atoms with Crippen LogP contribution in [0, 0.1) is 0 Å². The Morgan fingerprint density at radius 1 is 1.33 bits per heavy atom. The molecule has 1 aromatic heterocycles. The van der Waals surface area contributed by atoms with Crippen LogP contribution in [-0.2, 0) is 7.05 Å². The van der Waals surface area contributed by atoms with Gasteiger partial charge in [0.1, 0.15) is 5.75 Å². The molecule has 0 aliphatic carbocycles. The quantitative estimate of drug-likeness (QED) is 0.773. The highest BCUT2D eigenvalue weighted by Gasteiger charge is 1.99. The summed E-state index contributed by atoms with van der Waals surface area (Å²) in [6.07, 6.45) is 2.95. The van der Waals surface area contributed by atoms with Crippen LogP contribution in [-0.4, -0.2) is 17.7 Å². The first-order valence-electron chi connectivity index (χ1n) is 5.19. The van der Waals surface area contributed by atoms with Gasteiger partial charge in [0.15, 0.2) is 0 Å². The number of fused-ring (bicyclic) bond motifs is 1. The molecule has 2 rings (SSSR count). The Morgan fingerprint density at radius 3 is 3.00 bits per heavy atom. The van der Waals surface area contributed by atoms with Gasteiger partial charge in [-0.15, -0.1) is 0 Å². The lowest BCUT2D eigenvalue weighted by molar-refractivity contribution is 0.314. The number of hydrogen-bond acceptors (Lipinski definition) is 2. The van der Waals surface area contributed by atoms with Crippen LogP contribution < -0.4 is 10.5 Å². The second-order valence-corrected chi connectivity index (χ2v) is 3.64. The highest BCUT2D eigenvalue weighted by Crippen LogP contribution is 2.21. The molecule has 2 N–H and O–H groups in total. The molecular formula is C12H16N2O. The van der Waals surface area contributed by atoms with E-state index in [-0.39, 0.29) is 0 Å². The molecule has 80 valence electrons. The molecular weight excluding hydrogens is 188 g/mol. The van der Waals surface area contributed by atoms with Gasteiger partial charge in [0.05, 0.1) is 6.61 Å². The highest BCUT2D eigenvalue weighted by molar-refractivity contribution is 5.81. The molecule has 0 radical (unpaired) electrons. The van der Waals surface area contributed by atoms with Gasteiger partial charge < -0.3 is 15.0 Å². The number of benzene rings is 1. The minimum absolute atomic E-state index is 0.674. The fourth-order valence-electron chi connectivity index (χ4n) is 1.62. The molecule has 0 unspecified atom stereocenters. The molecule has 3 nitrogen and oxygen atoms in total. The van der Waals surface area contributed by atoms with Crippen LogP contribution >= 0.6 is 0 Å². The van der Waals surface area contributed by atoms with Crippen LogP contribution in [0.3, 0.4) is 0 Å². The summed E-state index contributed by atoms with van der Waals surface area (Å²) < 4.78 is 7.67. The lowest BCUT2D eigenvalue weighted by Crippen LogP contribution is -2.05. The fourth-order valence-corrected chi connectivity index (χ4v) is 1.62. The number of nitrogens with two attached hydrogens (primary N) is 1. The number of rotatable bonds is 4. The summed E-state index contributed by atoms with van der Waals surface area (Å²) in [4.78, 5) is 0. The first-order chi connectivity index (χ1) is 7.31. The third kappa shape index (κ3) is 2.13. The van der Waals surface area contributed by atoms with E-state index in [1.54, 1.807) is 0 Å². The number of aryl methyl sites for hydroxylation is 1. The lowest BCUT2D eigenvalue weighted by atomic mass is 10.2. The first kappa shape index (κ1) is 10.1. The normalized spacial score (nSPS) is 10.8. The average Bonchev–Trinajstić information content (AvgIpc) is 2.61. The topological polar surface area (TPSA) is 40.2 Å². The van der Waals surface area contributed by atoms with Gasteiger partial charge in [0.2, 0.25) is 0 Å². The zero-order valence-electron chi connectivity index (χ0n) is 8.94. The predicted octanol–water partition coefficient (Wildman–Crippen LogP) is 1.91. The van der Waals surface area contributed by atoms with E-state index in [2.05, 4.69) is 22.8 Å². The summed E-state index contributed by atoms with van der Waals surface area (Å²) in [7, 11) is 2.04. The van der Waals surface area contributed by atoms with Gasteiger partial charge in [-0.25, -0.2) is 0 Å². The van der Waals surface area contributed by atoms with E-state index < -0.39 is 0 Å².